The summed E-state index contributed by atoms with van der Waals surface area (Å²) in [7, 11) is 0. The molecule has 0 aliphatic heterocycles. The number of aryl methyl sites for hydroxylation is 3. The van der Waals surface area contributed by atoms with Crippen molar-refractivity contribution in [2.75, 3.05) is 0 Å². The number of nitro groups is 1. The van der Waals surface area contributed by atoms with Crippen LogP contribution in [0.5, 0.6) is 0 Å². The molecule has 1 aromatic heterocycles. The molecule has 0 spiro atoms. The SMILES string of the molecule is Cc1nc(C)c(C=Cc2ccc([N+](=O)[O-])cc2)nc1C. The average Bonchev–Trinajstić information content (AvgIpc) is 2.42. The van der Waals surface area contributed by atoms with E-state index < -0.39 is 4.92 Å². The summed E-state index contributed by atoms with van der Waals surface area (Å²) < 4.78 is 0. The molecule has 0 N–H and O–H groups in total. The molecule has 0 atom stereocenters. The van der Waals surface area contributed by atoms with Crippen LogP contribution in [-0.4, -0.2) is 14.9 Å². The predicted molar refractivity (Wildman–Crippen MR) is 78.3 cm³/mol. The second-order valence-corrected chi connectivity index (χ2v) is 4.55. The molecule has 5 heteroatoms. The minimum absolute atomic E-state index is 0.0873. The van der Waals surface area contributed by atoms with Gasteiger partial charge in [0.05, 0.1) is 27.7 Å². The van der Waals surface area contributed by atoms with Crippen LogP contribution in [0.2, 0.25) is 0 Å². The molecule has 0 aliphatic carbocycles. The fourth-order valence-electron chi connectivity index (χ4n) is 1.77. The zero-order chi connectivity index (χ0) is 14.7. The Morgan fingerprint density at radius 2 is 1.55 bits per heavy atom. The number of non-ortho nitro benzene ring substituents is 1. The van der Waals surface area contributed by atoms with Gasteiger partial charge in [-0.25, -0.2) is 4.98 Å². The Morgan fingerprint density at radius 1 is 0.950 bits per heavy atom. The first-order chi connectivity index (χ1) is 9.47. The third-order valence-corrected chi connectivity index (χ3v) is 3.06. The highest BCUT2D eigenvalue weighted by Gasteiger charge is 2.04. The van der Waals surface area contributed by atoms with Gasteiger partial charge in [-0.05, 0) is 44.5 Å². The van der Waals surface area contributed by atoms with Gasteiger partial charge in [-0.1, -0.05) is 6.08 Å². The van der Waals surface area contributed by atoms with Crippen LogP contribution >= 0.6 is 0 Å². The van der Waals surface area contributed by atoms with E-state index in [4.69, 9.17) is 0 Å². The quantitative estimate of drug-likeness (QED) is 0.632. The summed E-state index contributed by atoms with van der Waals surface area (Å²) in [5, 5.41) is 10.6. The van der Waals surface area contributed by atoms with E-state index in [9.17, 15) is 10.1 Å². The third-order valence-electron chi connectivity index (χ3n) is 3.06. The summed E-state index contributed by atoms with van der Waals surface area (Å²) in [6, 6.07) is 6.38. The molecule has 102 valence electrons. The average molecular weight is 269 g/mol. The summed E-state index contributed by atoms with van der Waals surface area (Å²) in [6.07, 6.45) is 3.74. The number of rotatable bonds is 3. The van der Waals surface area contributed by atoms with Crippen molar-refractivity contribution in [3.8, 4) is 0 Å². The van der Waals surface area contributed by atoms with Crippen molar-refractivity contribution in [3.63, 3.8) is 0 Å². The predicted octanol–water partition coefficient (Wildman–Crippen LogP) is 3.48. The maximum Gasteiger partial charge on any atom is 0.269 e. The summed E-state index contributed by atoms with van der Waals surface area (Å²) >= 11 is 0. The van der Waals surface area contributed by atoms with Crippen LogP contribution in [0.3, 0.4) is 0 Å². The van der Waals surface area contributed by atoms with Crippen molar-refractivity contribution in [1.82, 2.24) is 9.97 Å². The molecule has 20 heavy (non-hydrogen) atoms. The highest BCUT2D eigenvalue weighted by molar-refractivity contribution is 5.69. The Morgan fingerprint density at radius 3 is 2.15 bits per heavy atom. The summed E-state index contributed by atoms with van der Waals surface area (Å²) in [4.78, 5) is 19.1. The van der Waals surface area contributed by atoms with Crippen LogP contribution in [-0.2, 0) is 0 Å². The maximum atomic E-state index is 10.6. The van der Waals surface area contributed by atoms with Gasteiger partial charge in [-0.2, -0.15) is 0 Å². The molecule has 1 heterocycles. The third kappa shape index (κ3) is 3.06. The van der Waals surface area contributed by atoms with E-state index in [0.29, 0.717) is 0 Å². The molecule has 0 aliphatic rings. The Labute approximate surface area is 117 Å². The van der Waals surface area contributed by atoms with Gasteiger partial charge in [0.25, 0.3) is 5.69 Å². The standard InChI is InChI=1S/C15H15N3O2/c1-10-11(2)17-15(12(3)16-10)9-6-13-4-7-14(8-5-13)18(19)20/h4-9H,1-3H3. The molecular formula is C15H15N3O2. The number of aromatic nitrogens is 2. The van der Waals surface area contributed by atoms with Gasteiger partial charge in [-0.15, -0.1) is 0 Å². The molecule has 0 saturated heterocycles. The minimum atomic E-state index is -0.410. The lowest BCUT2D eigenvalue weighted by atomic mass is 10.1. The molecule has 5 nitrogen and oxygen atoms in total. The zero-order valence-electron chi connectivity index (χ0n) is 11.6. The molecule has 0 fully saturated rings. The highest BCUT2D eigenvalue weighted by atomic mass is 16.6. The highest BCUT2D eigenvalue weighted by Crippen LogP contribution is 2.15. The second kappa shape index (κ2) is 5.61. The van der Waals surface area contributed by atoms with Crippen LogP contribution in [0.1, 0.15) is 28.3 Å². The Bertz CT molecular complexity index is 676. The van der Waals surface area contributed by atoms with E-state index in [1.54, 1.807) is 12.1 Å². The monoisotopic (exact) mass is 269 g/mol. The summed E-state index contributed by atoms with van der Waals surface area (Å²) in [5.74, 6) is 0. The smallest absolute Gasteiger partial charge is 0.258 e. The fourth-order valence-corrected chi connectivity index (χ4v) is 1.77. The van der Waals surface area contributed by atoms with E-state index in [1.165, 1.54) is 12.1 Å². The van der Waals surface area contributed by atoms with Gasteiger partial charge in [-0.3, -0.25) is 15.1 Å². The molecule has 0 bridgehead atoms. The van der Waals surface area contributed by atoms with E-state index in [-0.39, 0.29) is 5.69 Å². The lowest BCUT2D eigenvalue weighted by molar-refractivity contribution is -0.384. The van der Waals surface area contributed by atoms with E-state index >= 15 is 0 Å². The lowest BCUT2D eigenvalue weighted by Gasteiger charge is -2.03. The molecule has 2 rings (SSSR count). The molecule has 2 aromatic rings. The normalized spacial score (nSPS) is 10.9. The molecular weight excluding hydrogens is 254 g/mol. The minimum Gasteiger partial charge on any atom is -0.258 e. The fraction of sp³-hybridized carbons (Fsp3) is 0.200. The number of nitrogens with zero attached hydrogens (tertiary/aromatic N) is 3. The van der Waals surface area contributed by atoms with Crippen LogP contribution in [0.4, 0.5) is 5.69 Å². The molecule has 0 radical (unpaired) electrons. The van der Waals surface area contributed by atoms with Crippen LogP contribution in [0.15, 0.2) is 24.3 Å². The first-order valence-corrected chi connectivity index (χ1v) is 6.22. The maximum absolute atomic E-state index is 10.6. The first kappa shape index (κ1) is 13.9. The van der Waals surface area contributed by atoms with Crippen molar-refractivity contribution in [3.05, 3.63) is 62.7 Å². The van der Waals surface area contributed by atoms with Crippen molar-refractivity contribution < 1.29 is 4.92 Å². The van der Waals surface area contributed by atoms with Gasteiger partial charge >= 0.3 is 0 Å². The van der Waals surface area contributed by atoms with Crippen LogP contribution in [0.25, 0.3) is 12.2 Å². The second-order valence-electron chi connectivity index (χ2n) is 4.55. The topological polar surface area (TPSA) is 68.9 Å². The van der Waals surface area contributed by atoms with Gasteiger partial charge in [0.1, 0.15) is 0 Å². The number of benzene rings is 1. The van der Waals surface area contributed by atoms with Gasteiger partial charge in [0.2, 0.25) is 0 Å². The van der Waals surface area contributed by atoms with Crippen LogP contribution in [0, 0.1) is 30.9 Å². The molecule has 0 saturated carbocycles. The van der Waals surface area contributed by atoms with Crippen LogP contribution < -0.4 is 0 Å². The van der Waals surface area contributed by atoms with Gasteiger partial charge in [0.15, 0.2) is 0 Å². The van der Waals surface area contributed by atoms with Crippen molar-refractivity contribution >= 4 is 17.8 Å². The Kier molecular flexibility index (Phi) is 3.89. The lowest BCUT2D eigenvalue weighted by Crippen LogP contribution is -1.98. The van der Waals surface area contributed by atoms with E-state index in [0.717, 1.165) is 28.3 Å². The van der Waals surface area contributed by atoms with E-state index in [2.05, 4.69) is 9.97 Å². The number of hydrogen-bond donors (Lipinski definition) is 0. The Hall–Kier alpha value is -2.56. The molecule has 0 unspecified atom stereocenters. The van der Waals surface area contributed by atoms with Crippen molar-refractivity contribution in [1.29, 1.82) is 0 Å². The van der Waals surface area contributed by atoms with Gasteiger partial charge < -0.3 is 0 Å². The molecule has 0 amide bonds. The number of nitro benzene ring substituents is 1. The Balaban J connectivity index is 2.25. The number of hydrogen-bond acceptors (Lipinski definition) is 4. The van der Waals surface area contributed by atoms with Crippen molar-refractivity contribution in [2.24, 2.45) is 0 Å². The summed E-state index contributed by atoms with van der Waals surface area (Å²) in [5.41, 5.74) is 4.48. The largest absolute Gasteiger partial charge is 0.269 e. The van der Waals surface area contributed by atoms with E-state index in [1.807, 2.05) is 32.9 Å². The van der Waals surface area contributed by atoms with Crippen molar-refractivity contribution in [2.45, 2.75) is 20.8 Å². The zero-order valence-corrected chi connectivity index (χ0v) is 11.6. The van der Waals surface area contributed by atoms with Gasteiger partial charge in [0, 0.05) is 12.1 Å². The first-order valence-electron chi connectivity index (χ1n) is 6.22. The molecule has 1 aromatic carbocycles. The summed E-state index contributed by atoms with van der Waals surface area (Å²) in [6.45, 7) is 5.76.